The lowest BCUT2D eigenvalue weighted by Crippen LogP contribution is -2.27. The van der Waals surface area contributed by atoms with E-state index in [0.717, 1.165) is 18.4 Å². The van der Waals surface area contributed by atoms with Crippen molar-refractivity contribution in [2.75, 3.05) is 7.11 Å². The van der Waals surface area contributed by atoms with Crippen LogP contribution in [-0.4, -0.2) is 33.8 Å². The molecule has 3 aromatic rings. The standard InChI is InChI=1S/C20H18N4O4/c1-28-17-7-2-4-13(10-17)18-12-19(20(25)21-14-8-9-14)23(22-18)15-5-3-6-16(11-15)24(26)27/h2-7,10-12,14H,8-9H2,1H3,(H,21,25). The van der Waals surface area contributed by atoms with Crippen LogP contribution < -0.4 is 10.1 Å². The molecule has 0 aliphatic heterocycles. The Labute approximate surface area is 160 Å². The molecule has 28 heavy (non-hydrogen) atoms. The zero-order valence-electron chi connectivity index (χ0n) is 15.2. The Kier molecular flexibility index (Phi) is 4.52. The van der Waals surface area contributed by atoms with Crippen LogP contribution in [0.1, 0.15) is 23.3 Å². The highest BCUT2D eigenvalue weighted by Gasteiger charge is 2.26. The van der Waals surface area contributed by atoms with Crippen molar-refractivity contribution in [1.29, 1.82) is 0 Å². The molecule has 8 heteroatoms. The van der Waals surface area contributed by atoms with Crippen LogP contribution in [0, 0.1) is 10.1 Å². The number of hydrogen-bond donors (Lipinski definition) is 1. The van der Waals surface area contributed by atoms with Gasteiger partial charge in [0.05, 0.1) is 23.4 Å². The molecule has 142 valence electrons. The molecule has 8 nitrogen and oxygen atoms in total. The predicted octanol–water partition coefficient (Wildman–Crippen LogP) is 3.35. The largest absolute Gasteiger partial charge is 0.497 e. The first kappa shape index (κ1) is 17.7. The summed E-state index contributed by atoms with van der Waals surface area (Å²) >= 11 is 0. The van der Waals surface area contributed by atoms with Crippen molar-refractivity contribution in [3.05, 3.63) is 70.4 Å². The van der Waals surface area contributed by atoms with Crippen LogP contribution in [0.4, 0.5) is 5.69 Å². The van der Waals surface area contributed by atoms with Crippen LogP contribution in [-0.2, 0) is 0 Å². The Morgan fingerprint density at radius 1 is 1.21 bits per heavy atom. The van der Waals surface area contributed by atoms with Gasteiger partial charge in [0.2, 0.25) is 0 Å². The lowest BCUT2D eigenvalue weighted by Gasteiger charge is -2.07. The van der Waals surface area contributed by atoms with Gasteiger partial charge in [0.25, 0.3) is 11.6 Å². The van der Waals surface area contributed by atoms with E-state index in [2.05, 4.69) is 10.4 Å². The number of benzene rings is 2. The van der Waals surface area contributed by atoms with Crippen molar-refractivity contribution in [2.45, 2.75) is 18.9 Å². The number of nitro groups is 1. The second-order valence-electron chi connectivity index (χ2n) is 6.58. The van der Waals surface area contributed by atoms with Crippen molar-refractivity contribution < 1.29 is 14.5 Å². The van der Waals surface area contributed by atoms with Crippen molar-refractivity contribution >= 4 is 11.6 Å². The van der Waals surface area contributed by atoms with Crippen LogP contribution in [0.15, 0.2) is 54.6 Å². The maximum Gasteiger partial charge on any atom is 0.271 e. The number of rotatable bonds is 6. The van der Waals surface area contributed by atoms with Crippen LogP contribution >= 0.6 is 0 Å². The molecule has 1 heterocycles. The van der Waals surface area contributed by atoms with Gasteiger partial charge in [-0.15, -0.1) is 0 Å². The quantitative estimate of drug-likeness (QED) is 0.524. The number of carbonyl (C=O) groups excluding carboxylic acids is 1. The summed E-state index contributed by atoms with van der Waals surface area (Å²) in [5.74, 6) is 0.419. The molecule has 2 aromatic carbocycles. The van der Waals surface area contributed by atoms with Gasteiger partial charge in [0.15, 0.2) is 0 Å². The number of nitrogens with one attached hydrogen (secondary N) is 1. The second-order valence-corrected chi connectivity index (χ2v) is 6.58. The average molecular weight is 378 g/mol. The topological polar surface area (TPSA) is 99.3 Å². The first-order valence-corrected chi connectivity index (χ1v) is 8.85. The highest BCUT2D eigenvalue weighted by Crippen LogP contribution is 2.27. The molecule has 0 saturated heterocycles. The third kappa shape index (κ3) is 3.57. The molecular formula is C20H18N4O4. The Balaban J connectivity index is 1.80. The lowest BCUT2D eigenvalue weighted by atomic mass is 10.1. The molecule has 1 aliphatic rings. The van der Waals surface area contributed by atoms with Gasteiger partial charge in [-0.2, -0.15) is 5.10 Å². The molecule has 0 bridgehead atoms. The van der Waals surface area contributed by atoms with Crippen LogP contribution in [0.2, 0.25) is 0 Å². The molecule has 1 aliphatic carbocycles. The fraction of sp³-hybridized carbons (Fsp3) is 0.200. The number of ether oxygens (including phenoxy) is 1. The first-order chi connectivity index (χ1) is 13.5. The third-order valence-electron chi connectivity index (χ3n) is 4.51. The van der Waals surface area contributed by atoms with Crippen molar-refractivity contribution in [2.24, 2.45) is 0 Å². The van der Waals surface area contributed by atoms with Crippen molar-refractivity contribution in [3.8, 4) is 22.7 Å². The van der Waals surface area contributed by atoms with E-state index in [1.165, 1.54) is 16.8 Å². The highest BCUT2D eigenvalue weighted by molar-refractivity contribution is 5.94. The van der Waals surface area contributed by atoms with Gasteiger partial charge < -0.3 is 10.1 Å². The number of amides is 1. The van der Waals surface area contributed by atoms with E-state index in [4.69, 9.17) is 4.74 Å². The third-order valence-corrected chi connectivity index (χ3v) is 4.51. The van der Waals surface area contributed by atoms with E-state index < -0.39 is 4.92 Å². The molecular weight excluding hydrogens is 360 g/mol. The van der Waals surface area contributed by atoms with Crippen LogP contribution in [0.25, 0.3) is 16.9 Å². The zero-order valence-corrected chi connectivity index (χ0v) is 15.2. The van der Waals surface area contributed by atoms with Gasteiger partial charge in [-0.1, -0.05) is 18.2 Å². The summed E-state index contributed by atoms with van der Waals surface area (Å²) in [6, 6.07) is 15.3. The monoisotopic (exact) mass is 378 g/mol. The second kappa shape index (κ2) is 7.15. The Morgan fingerprint density at radius 2 is 2.00 bits per heavy atom. The molecule has 4 rings (SSSR count). The molecule has 1 amide bonds. The van der Waals surface area contributed by atoms with E-state index in [9.17, 15) is 14.9 Å². The Bertz CT molecular complexity index is 1060. The summed E-state index contributed by atoms with van der Waals surface area (Å²) in [6.07, 6.45) is 1.92. The number of non-ortho nitro benzene ring substituents is 1. The molecule has 0 spiro atoms. The molecule has 1 aromatic heterocycles. The average Bonchev–Trinajstić information content (AvgIpc) is 3.41. The first-order valence-electron chi connectivity index (χ1n) is 8.85. The van der Waals surface area contributed by atoms with Crippen LogP contribution in [0.3, 0.4) is 0 Å². The lowest BCUT2D eigenvalue weighted by molar-refractivity contribution is -0.384. The predicted molar refractivity (Wildman–Crippen MR) is 103 cm³/mol. The number of hydrogen-bond acceptors (Lipinski definition) is 5. The highest BCUT2D eigenvalue weighted by atomic mass is 16.6. The minimum Gasteiger partial charge on any atom is -0.497 e. The van der Waals surface area contributed by atoms with E-state index in [0.29, 0.717) is 22.8 Å². The van der Waals surface area contributed by atoms with Gasteiger partial charge in [-0.3, -0.25) is 14.9 Å². The van der Waals surface area contributed by atoms with Gasteiger partial charge in [-0.25, -0.2) is 4.68 Å². The van der Waals surface area contributed by atoms with E-state index in [1.807, 2.05) is 24.3 Å². The summed E-state index contributed by atoms with van der Waals surface area (Å²) in [5, 5.41) is 18.6. The number of nitro benzene ring substituents is 1. The van der Waals surface area contributed by atoms with Gasteiger partial charge in [0, 0.05) is 23.7 Å². The van der Waals surface area contributed by atoms with E-state index in [1.54, 1.807) is 25.3 Å². The maximum atomic E-state index is 12.7. The number of aromatic nitrogens is 2. The molecule has 1 saturated carbocycles. The number of carbonyl (C=O) groups is 1. The molecule has 0 atom stereocenters. The Hall–Kier alpha value is -3.68. The van der Waals surface area contributed by atoms with Gasteiger partial charge >= 0.3 is 0 Å². The molecule has 0 unspecified atom stereocenters. The zero-order chi connectivity index (χ0) is 19.7. The van der Waals surface area contributed by atoms with Gasteiger partial charge in [0.1, 0.15) is 11.4 Å². The fourth-order valence-electron chi connectivity index (χ4n) is 2.89. The molecule has 1 N–H and O–H groups in total. The SMILES string of the molecule is COc1cccc(-c2cc(C(=O)NC3CC3)n(-c3cccc([N+](=O)[O-])c3)n2)c1. The van der Waals surface area contributed by atoms with Crippen molar-refractivity contribution in [3.63, 3.8) is 0 Å². The summed E-state index contributed by atoms with van der Waals surface area (Å²) in [6.45, 7) is 0. The summed E-state index contributed by atoms with van der Waals surface area (Å²) in [4.78, 5) is 23.4. The maximum absolute atomic E-state index is 12.7. The van der Waals surface area contributed by atoms with Gasteiger partial charge in [-0.05, 0) is 37.1 Å². The minimum atomic E-state index is -0.472. The summed E-state index contributed by atoms with van der Waals surface area (Å²) in [7, 11) is 1.58. The summed E-state index contributed by atoms with van der Waals surface area (Å²) < 4.78 is 6.70. The van der Waals surface area contributed by atoms with E-state index >= 15 is 0 Å². The smallest absolute Gasteiger partial charge is 0.271 e. The van der Waals surface area contributed by atoms with E-state index in [-0.39, 0.29) is 17.6 Å². The minimum absolute atomic E-state index is 0.0653. The summed E-state index contributed by atoms with van der Waals surface area (Å²) in [5.41, 5.74) is 2.06. The molecule has 0 radical (unpaired) electrons. The number of methoxy groups -OCH3 is 1. The Morgan fingerprint density at radius 3 is 2.71 bits per heavy atom. The normalized spacial score (nSPS) is 13.2. The van der Waals surface area contributed by atoms with Crippen molar-refractivity contribution in [1.82, 2.24) is 15.1 Å². The molecule has 1 fully saturated rings. The fourth-order valence-corrected chi connectivity index (χ4v) is 2.89. The number of nitrogens with zero attached hydrogens (tertiary/aromatic N) is 3. The van der Waals surface area contributed by atoms with Crippen LogP contribution in [0.5, 0.6) is 5.75 Å².